The molecule has 2 aromatic rings. The second-order valence-electron chi connectivity index (χ2n) is 4.12. The van der Waals surface area contributed by atoms with E-state index in [1.807, 2.05) is 0 Å². The van der Waals surface area contributed by atoms with E-state index in [2.05, 4.69) is 0 Å². The number of hydrogen-bond donors (Lipinski definition) is 2. The largest absolute Gasteiger partial charge is 0.508 e. The first-order chi connectivity index (χ1) is 9.75. The van der Waals surface area contributed by atoms with Crippen molar-refractivity contribution in [3.05, 3.63) is 53.4 Å². The molecule has 0 saturated carbocycles. The zero-order valence-electron chi connectivity index (χ0n) is 10.0. The van der Waals surface area contributed by atoms with Gasteiger partial charge in [0.15, 0.2) is 0 Å². The minimum atomic E-state index is -0.327. The maximum absolute atomic E-state index is 10.1. The Morgan fingerprint density at radius 2 is 1.24 bits per heavy atom. The van der Waals surface area contributed by atoms with Crippen LogP contribution in [0, 0.1) is 0 Å². The highest BCUT2D eigenvalue weighted by molar-refractivity contribution is 6.52. The summed E-state index contributed by atoms with van der Waals surface area (Å²) in [6.45, 7) is 0. The highest BCUT2D eigenvalue weighted by atomic mass is 35.5. The van der Waals surface area contributed by atoms with Gasteiger partial charge in [-0.05, 0) is 12.1 Å². The Morgan fingerprint density at radius 1 is 0.667 bits per heavy atom. The molecule has 21 heavy (non-hydrogen) atoms. The van der Waals surface area contributed by atoms with Gasteiger partial charge in [0, 0.05) is 17.5 Å². The molecule has 8 heteroatoms. The minimum absolute atomic E-state index is 0.00812. The molecule has 0 radical (unpaired) electrons. The van der Waals surface area contributed by atoms with Crippen LogP contribution in [0.15, 0.2) is 12.1 Å². The van der Waals surface area contributed by atoms with E-state index < -0.39 is 0 Å². The van der Waals surface area contributed by atoms with Crippen LogP contribution in [0.5, 0.6) is 11.5 Å². The van der Waals surface area contributed by atoms with Gasteiger partial charge in [0.25, 0.3) is 0 Å². The fourth-order valence-electron chi connectivity index (χ4n) is 1.75. The molecular weight excluding hydrogens is 401 g/mol. The van der Waals surface area contributed by atoms with Crippen molar-refractivity contribution in [3.63, 3.8) is 0 Å². The van der Waals surface area contributed by atoms with Crippen molar-refractivity contribution < 1.29 is 10.2 Å². The lowest BCUT2D eigenvalue weighted by Crippen LogP contribution is -1.95. The molecule has 0 fully saturated rings. The molecule has 112 valence electrons. The lowest BCUT2D eigenvalue weighted by atomic mass is 10.0. The van der Waals surface area contributed by atoms with Crippen molar-refractivity contribution >= 4 is 69.6 Å². The van der Waals surface area contributed by atoms with Crippen molar-refractivity contribution in [1.29, 1.82) is 0 Å². The van der Waals surface area contributed by atoms with E-state index in [0.717, 1.165) is 0 Å². The molecule has 2 aromatic carbocycles. The number of aromatic hydroxyl groups is 2. The van der Waals surface area contributed by atoms with Gasteiger partial charge in [0.1, 0.15) is 16.5 Å². The SMILES string of the molecule is Oc1ccc(Cl)c(Cl)c1Cc1c(O)c(Cl)c(Cl)c(Cl)c1Cl. The predicted octanol–water partition coefficient (Wildman–Crippen LogP) is 6.61. The van der Waals surface area contributed by atoms with Crippen LogP contribution in [0.2, 0.25) is 30.1 Å². The first kappa shape index (κ1) is 17.1. The summed E-state index contributed by atoms with van der Waals surface area (Å²) in [6.07, 6.45) is -0.0213. The molecule has 0 heterocycles. The molecule has 2 nitrogen and oxygen atoms in total. The zero-order chi connectivity index (χ0) is 15.9. The van der Waals surface area contributed by atoms with Crippen molar-refractivity contribution in [2.75, 3.05) is 0 Å². The fraction of sp³-hybridized carbons (Fsp3) is 0.0769. The first-order valence-electron chi connectivity index (χ1n) is 5.45. The number of benzene rings is 2. The summed E-state index contributed by atoms with van der Waals surface area (Å²) < 4.78 is 0. The Morgan fingerprint density at radius 3 is 1.86 bits per heavy atom. The van der Waals surface area contributed by atoms with E-state index in [4.69, 9.17) is 69.6 Å². The summed E-state index contributed by atoms with van der Waals surface area (Å²) in [4.78, 5) is 0. The average molecular weight is 407 g/mol. The van der Waals surface area contributed by atoms with E-state index in [0.29, 0.717) is 0 Å². The molecule has 0 unspecified atom stereocenters. The van der Waals surface area contributed by atoms with Crippen LogP contribution in [-0.4, -0.2) is 10.2 Å². The number of phenols is 2. The van der Waals surface area contributed by atoms with Crippen molar-refractivity contribution in [2.45, 2.75) is 6.42 Å². The van der Waals surface area contributed by atoms with E-state index >= 15 is 0 Å². The van der Waals surface area contributed by atoms with Gasteiger partial charge in [-0.15, -0.1) is 0 Å². The summed E-state index contributed by atoms with van der Waals surface area (Å²) >= 11 is 35.7. The van der Waals surface area contributed by atoms with Crippen molar-refractivity contribution in [3.8, 4) is 11.5 Å². The molecule has 0 amide bonds. The third kappa shape index (κ3) is 3.12. The fourth-order valence-corrected chi connectivity index (χ4v) is 3.11. The molecule has 0 spiro atoms. The second-order valence-corrected chi connectivity index (χ2v) is 6.42. The smallest absolute Gasteiger partial charge is 0.140 e. The van der Waals surface area contributed by atoms with Crippen molar-refractivity contribution in [1.82, 2.24) is 0 Å². The van der Waals surface area contributed by atoms with Gasteiger partial charge in [-0.2, -0.15) is 0 Å². The van der Waals surface area contributed by atoms with Crippen LogP contribution in [0.4, 0.5) is 0 Å². The molecule has 0 aromatic heterocycles. The van der Waals surface area contributed by atoms with Gasteiger partial charge >= 0.3 is 0 Å². The van der Waals surface area contributed by atoms with E-state index in [1.165, 1.54) is 12.1 Å². The molecule has 0 saturated heterocycles. The van der Waals surface area contributed by atoms with Crippen LogP contribution < -0.4 is 0 Å². The molecule has 0 aliphatic rings. The summed E-state index contributed by atoms with van der Waals surface area (Å²) in [5.41, 5.74) is 0.478. The van der Waals surface area contributed by atoms with Crippen LogP contribution in [-0.2, 0) is 6.42 Å². The highest BCUT2D eigenvalue weighted by Crippen LogP contribution is 2.47. The molecule has 2 N–H and O–H groups in total. The summed E-state index contributed by atoms with van der Waals surface area (Å²) in [6, 6.07) is 2.83. The van der Waals surface area contributed by atoms with Gasteiger partial charge in [-0.25, -0.2) is 0 Å². The summed E-state index contributed by atoms with van der Waals surface area (Å²) in [5, 5.41) is 20.2. The first-order valence-corrected chi connectivity index (χ1v) is 7.72. The Bertz CT molecular complexity index is 700. The Balaban J connectivity index is 2.64. The Labute approximate surface area is 150 Å². The minimum Gasteiger partial charge on any atom is -0.508 e. The molecule has 0 aliphatic heterocycles. The third-order valence-corrected chi connectivity index (χ3v) is 5.54. The van der Waals surface area contributed by atoms with Gasteiger partial charge < -0.3 is 10.2 Å². The number of rotatable bonds is 2. The van der Waals surface area contributed by atoms with Crippen LogP contribution >= 0.6 is 69.6 Å². The predicted molar refractivity (Wildman–Crippen MR) is 89.1 cm³/mol. The maximum atomic E-state index is 10.1. The summed E-state index contributed by atoms with van der Waals surface area (Å²) in [7, 11) is 0. The molecule has 0 aliphatic carbocycles. The highest BCUT2D eigenvalue weighted by Gasteiger charge is 2.22. The standard InChI is InChI=1S/C13H6Cl6O2/c14-6-1-2-7(20)4(8(6)15)3-5-9(16)10(17)11(18)12(19)13(5)21/h1-2,20-21H,3H2. The Hall–Kier alpha value is -0.220. The van der Waals surface area contributed by atoms with E-state index in [-0.39, 0.29) is 59.2 Å². The monoisotopic (exact) mass is 404 g/mol. The molecule has 0 atom stereocenters. The van der Waals surface area contributed by atoms with Gasteiger partial charge in [-0.1, -0.05) is 69.6 Å². The second kappa shape index (κ2) is 6.49. The zero-order valence-corrected chi connectivity index (χ0v) is 14.6. The van der Waals surface area contributed by atoms with Crippen LogP contribution in [0.3, 0.4) is 0 Å². The molecule has 2 rings (SSSR count). The normalized spacial score (nSPS) is 11.0. The number of halogens is 6. The summed E-state index contributed by atoms with van der Waals surface area (Å²) in [5.74, 6) is -0.423. The lowest BCUT2D eigenvalue weighted by Gasteiger charge is -2.14. The van der Waals surface area contributed by atoms with E-state index in [1.54, 1.807) is 0 Å². The average Bonchev–Trinajstić information content (AvgIpc) is 2.46. The van der Waals surface area contributed by atoms with Crippen LogP contribution in [0.1, 0.15) is 11.1 Å². The third-order valence-electron chi connectivity index (χ3n) is 2.86. The molecular formula is C13H6Cl6O2. The number of hydrogen-bond acceptors (Lipinski definition) is 2. The topological polar surface area (TPSA) is 40.5 Å². The number of phenolic OH excluding ortho intramolecular Hbond substituents is 2. The van der Waals surface area contributed by atoms with Gasteiger partial charge in [-0.3, -0.25) is 0 Å². The molecule has 0 bridgehead atoms. The van der Waals surface area contributed by atoms with Crippen molar-refractivity contribution in [2.24, 2.45) is 0 Å². The van der Waals surface area contributed by atoms with Gasteiger partial charge in [0.05, 0.1) is 25.1 Å². The quantitative estimate of drug-likeness (QED) is 0.435. The lowest BCUT2D eigenvalue weighted by molar-refractivity contribution is 0.463. The maximum Gasteiger partial charge on any atom is 0.140 e. The Kier molecular flexibility index (Phi) is 5.30. The van der Waals surface area contributed by atoms with E-state index in [9.17, 15) is 10.2 Å². The van der Waals surface area contributed by atoms with Gasteiger partial charge in [0.2, 0.25) is 0 Å². The van der Waals surface area contributed by atoms with Crippen LogP contribution in [0.25, 0.3) is 0 Å².